The maximum Gasteiger partial charge on any atom is 0.306 e. The average Bonchev–Trinajstić information content (AvgIpc) is 3.31. The Balaban J connectivity index is 4.30. The second-order valence-electron chi connectivity index (χ2n) is 21.7. The number of hydrogen-bond donors (Lipinski definition) is 0. The first-order chi connectivity index (χ1) is 32.8. The van der Waals surface area contributed by atoms with Gasteiger partial charge in [-0.1, -0.05) is 304 Å². The van der Waals surface area contributed by atoms with Gasteiger partial charge in [0.1, 0.15) is 13.2 Å². The molecule has 0 fully saturated rings. The SMILES string of the molecule is CCCCCCCCCCCCCCCCCCCCC(=O)O[C@H](COC(=O)CCCCCCCCCCCCCCCCC(C)C)COC(=O)CCCCCCCCCCCCC(C)CC. The van der Waals surface area contributed by atoms with E-state index in [0.717, 1.165) is 69.6 Å². The summed E-state index contributed by atoms with van der Waals surface area (Å²) in [6.45, 7) is 11.5. The van der Waals surface area contributed by atoms with Gasteiger partial charge in [-0.15, -0.1) is 0 Å². The Bertz CT molecular complexity index is 1030. The van der Waals surface area contributed by atoms with Gasteiger partial charge in [0.2, 0.25) is 0 Å². The van der Waals surface area contributed by atoms with Crippen LogP contribution < -0.4 is 0 Å². The molecular weight excluding hydrogens is 829 g/mol. The molecule has 2 atom stereocenters. The summed E-state index contributed by atoms with van der Waals surface area (Å²) in [5.41, 5.74) is 0. The molecule has 67 heavy (non-hydrogen) atoms. The van der Waals surface area contributed by atoms with E-state index < -0.39 is 6.10 Å². The predicted octanol–water partition coefficient (Wildman–Crippen LogP) is 20.0. The highest BCUT2D eigenvalue weighted by Crippen LogP contribution is 2.19. The third-order valence-electron chi connectivity index (χ3n) is 14.3. The van der Waals surface area contributed by atoms with Crippen molar-refractivity contribution in [1.29, 1.82) is 0 Å². The smallest absolute Gasteiger partial charge is 0.306 e. The van der Waals surface area contributed by atoms with Crippen LogP contribution in [0, 0.1) is 11.8 Å². The van der Waals surface area contributed by atoms with Crippen molar-refractivity contribution in [3.8, 4) is 0 Å². The van der Waals surface area contributed by atoms with Crippen LogP contribution in [0.4, 0.5) is 0 Å². The number of hydrogen-bond acceptors (Lipinski definition) is 6. The Hall–Kier alpha value is -1.59. The van der Waals surface area contributed by atoms with E-state index in [2.05, 4.69) is 34.6 Å². The number of unbranched alkanes of at least 4 members (excludes halogenated alkanes) is 39. The summed E-state index contributed by atoms with van der Waals surface area (Å²) in [6.07, 6.45) is 58.0. The van der Waals surface area contributed by atoms with Gasteiger partial charge in [-0.2, -0.15) is 0 Å². The maximum atomic E-state index is 12.9. The summed E-state index contributed by atoms with van der Waals surface area (Å²) in [5, 5.41) is 0. The second kappa shape index (κ2) is 53.8. The fourth-order valence-corrected chi connectivity index (χ4v) is 9.37. The molecule has 0 heterocycles. The van der Waals surface area contributed by atoms with E-state index in [9.17, 15) is 14.4 Å². The fourth-order valence-electron chi connectivity index (χ4n) is 9.37. The molecule has 1 unspecified atom stereocenters. The molecule has 0 spiro atoms. The van der Waals surface area contributed by atoms with E-state index in [1.165, 1.54) is 231 Å². The van der Waals surface area contributed by atoms with Crippen molar-refractivity contribution in [3.63, 3.8) is 0 Å². The molecule has 0 bridgehead atoms. The highest BCUT2D eigenvalue weighted by molar-refractivity contribution is 5.71. The number of rotatable bonds is 55. The van der Waals surface area contributed by atoms with Crippen LogP contribution in [-0.4, -0.2) is 37.2 Å². The molecule has 0 N–H and O–H groups in total. The summed E-state index contributed by atoms with van der Waals surface area (Å²) in [7, 11) is 0. The first-order valence-electron chi connectivity index (χ1n) is 30.3. The van der Waals surface area contributed by atoms with Crippen LogP contribution in [0.3, 0.4) is 0 Å². The molecule has 0 aromatic heterocycles. The maximum absolute atomic E-state index is 12.9. The Morgan fingerprint density at radius 1 is 0.313 bits per heavy atom. The quantitative estimate of drug-likeness (QED) is 0.0343. The van der Waals surface area contributed by atoms with Crippen LogP contribution in [-0.2, 0) is 28.6 Å². The van der Waals surface area contributed by atoms with Crippen LogP contribution in [0.1, 0.15) is 343 Å². The lowest BCUT2D eigenvalue weighted by Gasteiger charge is -2.18. The van der Waals surface area contributed by atoms with Gasteiger partial charge < -0.3 is 14.2 Å². The Morgan fingerprint density at radius 2 is 0.567 bits per heavy atom. The van der Waals surface area contributed by atoms with Gasteiger partial charge >= 0.3 is 17.9 Å². The summed E-state index contributed by atoms with van der Waals surface area (Å²) in [6, 6.07) is 0. The Labute approximate surface area is 418 Å². The third kappa shape index (κ3) is 53.6. The van der Waals surface area contributed by atoms with Gasteiger partial charge in [0.05, 0.1) is 0 Å². The standard InChI is InChI=1S/C61H118O6/c1-6-8-9-10-11-12-13-14-15-16-17-18-23-26-33-38-43-48-53-61(64)67-58(55-66-60(63)52-47-42-37-32-28-27-30-35-40-45-50-57(5)7-2)54-65-59(62)51-46-41-36-31-25-22-20-19-21-24-29-34-39-44-49-56(3)4/h56-58H,6-55H2,1-5H3/t57?,58-/m1/s1. The monoisotopic (exact) mass is 947 g/mol. The fraction of sp³-hybridized carbons (Fsp3) is 0.951. The summed E-state index contributed by atoms with van der Waals surface area (Å²) < 4.78 is 16.9. The molecule has 0 aliphatic rings. The van der Waals surface area contributed by atoms with Crippen molar-refractivity contribution in [1.82, 2.24) is 0 Å². The van der Waals surface area contributed by atoms with Crippen molar-refractivity contribution in [2.45, 2.75) is 349 Å². The lowest BCUT2D eigenvalue weighted by atomic mass is 9.99. The predicted molar refractivity (Wildman–Crippen MR) is 289 cm³/mol. The molecule has 0 aromatic carbocycles. The molecule has 398 valence electrons. The lowest BCUT2D eigenvalue weighted by molar-refractivity contribution is -0.167. The molecule has 6 heteroatoms. The van der Waals surface area contributed by atoms with Gasteiger partial charge in [0, 0.05) is 19.3 Å². The zero-order chi connectivity index (χ0) is 48.9. The van der Waals surface area contributed by atoms with Crippen molar-refractivity contribution in [2.24, 2.45) is 11.8 Å². The third-order valence-corrected chi connectivity index (χ3v) is 14.3. The van der Waals surface area contributed by atoms with Crippen molar-refractivity contribution < 1.29 is 28.6 Å². The van der Waals surface area contributed by atoms with E-state index in [1.54, 1.807) is 0 Å². The highest BCUT2D eigenvalue weighted by Gasteiger charge is 2.19. The molecule has 0 saturated heterocycles. The molecule has 0 rings (SSSR count). The normalized spacial score (nSPS) is 12.4. The summed E-state index contributed by atoms with van der Waals surface area (Å²) in [4.78, 5) is 38.2. The molecular formula is C61H118O6. The van der Waals surface area contributed by atoms with Crippen LogP contribution in [0.25, 0.3) is 0 Å². The minimum atomic E-state index is -0.763. The average molecular weight is 948 g/mol. The summed E-state index contributed by atoms with van der Waals surface area (Å²) in [5.74, 6) is 0.878. The number of ether oxygens (including phenoxy) is 3. The first-order valence-corrected chi connectivity index (χ1v) is 30.3. The van der Waals surface area contributed by atoms with Crippen molar-refractivity contribution in [2.75, 3.05) is 13.2 Å². The highest BCUT2D eigenvalue weighted by atomic mass is 16.6. The molecule has 0 amide bonds. The zero-order valence-electron chi connectivity index (χ0n) is 46.0. The van der Waals surface area contributed by atoms with E-state index in [-0.39, 0.29) is 31.1 Å². The second-order valence-corrected chi connectivity index (χ2v) is 21.7. The van der Waals surface area contributed by atoms with Gasteiger partial charge in [-0.25, -0.2) is 0 Å². The molecule has 0 radical (unpaired) electrons. The van der Waals surface area contributed by atoms with E-state index >= 15 is 0 Å². The van der Waals surface area contributed by atoms with Crippen molar-refractivity contribution >= 4 is 17.9 Å². The zero-order valence-corrected chi connectivity index (χ0v) is 46.0. The summed E-state index contributed by atoms with van der Waals surface area (Å²) >= 11 is 0. The minimum absolute atomic E-state index is 0.0625. The van der Waals surface area contributed by atoms with Gasteiger partial charge in [0.15, 0.2) is 6.10 Å². The molecule has 6 nitrogen and oxygen atoms in total. The number of carbonyl (C=O) groups excluding carboxylic acids is 3. The molecule has 0 aliphatic heterocycles. The van der Waals surface area contributed by atoms with Crippen LogP contribution >= 0.6 is 0 Å². The van der Waals surface area contributed by atoms with E-state index in [1.807, 2.05) is 0 Å². The van der Waals surface area contributed by atoms with Gasteiger partial charge in [-0.05, 0) is 31.1 Å². The molecule has 0 aromatic rings. The van der Waals surface area contributed by atoms with E-state index in [0.29, 0.717) is 19.3 Å². The number of carbonyl (C=O) groups is 3. The van der Waals surface area contributed by atoms with Gasteiger partial charge in [-0.3, -0.25) is 14.4 Å². The lowest BCUT2D eigenvalue weighted by Crippen LogP contribution is -2.30. The molecule has 0 aliphatic carbocycles. The largest absolute Gasteiger partial charge is 0.462 e. The van der Waals surface area contributed by atoms with Crippen LogP contribution in [0.2, 0.25) is 0 Å². The molecule has 0 saturated carbocycles. The Kier molecular flexibility index (Phi) is 52.5. The van der Waals surface area contributed by atoms with E-state index in [4.69, 9.17) is 14.2 Å². The van der Waals surface area contributed by atoms with Crippen molar-refractivity contribution in [3.05, 3.63) is 0 Å². The van der Waals surface area contributed by atoms with Crippen LogP contribution in [0.15, 0.2) is 0 Å². The minimum Gasteiger partial charge on any atom is -0.462 e. The topological polar surface area (TPSA) is 78.9 Å². The first kappa shape index (κ1) is 65.4. The van der Waals surface area contributed by atoms with Crippen LogP contribution in [0.5, 0.6) is 0 Å². The Morgan fingerprint density at radius 3 is 0.851 bits per heavy atom. The van der Waals surface area contributed by atoms with Gasteiger partial charge in [0.25, 0.3) is 0 Å². The number of esters is 3.